The number of Topliss-reactive ketones (excluding diaryl/α,β-unsaturated/α-hetero) is 1. The maximum Gasteiger partial charge on any atom is 0.228 e. The van der Waals surface area contributed by atoms with Gasteiger partial charge in [-0.15, -0.1) is 0 Å². The van der Waals surface area contributed by atoms with Crippen LogP contribution in [0.1, 0.15) is 45.9 Å². The number of carbonyl (C=O) groups is 2. The van der Waals surface area contributed by atoms with E-state index in [-0.39, 0.29) is 24.3 Å². The van der Waals surface area contributed by atoms with Gasteiger partial charge in [-0.2, -0.15) is 0 Å². The maximum absolute atomic E-state index is 13.5. The number of ether oxygens (including phenoxy) is 1. The summed E-state index contributed by atoms with van der Waals surface area (Å²) in [7, 11) is 1.64. The highest BCUT2D eigenvalue weighted by atomic mass is 16.5. The van der Waals surface area contributed by atoms with Crippen molar-refractivity contribution in [3.8, 4) is 5.75 Å². The molecule has 1 aromatic heterocycles. The van der Waals surface area contributed by atoms with Crippen molar-refractivity contribution >= 4 is 17.8 Å². The zero-order valence-electron chi connectivity index (χ0n) is 19.3. The molecule has 0 N–H and O–H groups in total. The van der Waals surface area contributed by atoms with E-state index >= 15 is 0 Å². The van der Waals surface area contributed by atoms with E-state index in [1.54, 1.807) is 13.3 Å². The topological polar surface area (TPSA) is 59.5 Å². The summed E-state index contributed by atoms with van der Waals surface area (Å²) in [4.78, 5) is 33.2. The zero-order chi connectivity index (χ0) is 22.8. The van der Waals surface area contributed by atoms with Crippen LogP contribution in [0.5, 0.6) is 5.75 Å². The second kappa shape index (κ2) is 8.66. The molecule has 1 amide bonds. The largest absolute Gasteiger partial charge is 0.497 e. The lowest BCUT2D eigenvalue weighted by atomic mass is 9.70. The van der Waals surface area contributed by atoms with E-state index in [1.807, 2.05) is 88.1 Å². The number of rotatable bonds is 4. The van der Waals surface area contributed by atoms with Crippen LogP contribution in [0.3, 0.4) is 0 Å². The number of aromatic nitrogens is 1. The van der Waals surface area contributed by atoms with Crippen molar-refractivity contribution in [1.82, 2.24) is 9.88 Å². The first-order valence-electron chi connectivity index (χ1n) is 10.6. The van der Waals surface area contributed by atoms with Crippen molar-refractivity contribution in [3.05, 3.63) is 65.5 Å². The Morgan fingerprint density at radius 3 is 2.42 bits per heavy atom. The van der Waals surface area contributed by atoms with Gasteiger partial charge in [-0.05, 0) is 42.3 Å². The Labute approximate surface area is 185 Å². The molecule has 0 saturated carbocycles. The van der Waals surface area contributed by atoms with E-state index < -0.39 is 10.8 Å². The Morgan fingerprint density at radius 1 is 1.19 bits per heavy atom. The SMILES string of the molecule is COc1ccc(CC2N(C(=O)C(C)(C)C)C/C(=C/c3ccccn3)C(=O)C2(C)C)cc1. The minimum atomic E-state index is -0.736. The van der Waals surface area contributed by atoms with Gasteiger partial charge in [0.25, 0.3) is 0 Å². The summed E-state index contributed by atoms with van der Waals surface area (Å²) in [6.07, 6.45) is 4.12. The highest BCUT2D eigenvalue weighted by Crippen LogP contribution is 2.39. The van der Waals surface area contributed by atoms with Gasteiger partial charge in [0.05, 0.1) is 12.8 Å². The number of nitrogens with zero attached hydrogens (tertiary/aromatic N) is 2. The summed E-state index contributed by atoms with van der Waals surface area (Å²) in [6.45, 7) is 9.94. The Balaban J connectivity index is 2.02. The van der Waals surface area contributed by atoms with Crippen LogP contribution in [-0.2, 0) is 16.0 Å². The fraction of sp³-hybridized carbons (Fsp3) is 0.423. The molecule has 1 atom stereocenters. The molecular formula is C26H32N2O3. The van der Waals surface area contributed by atoms with Gasteiger partial charge in [-0.25, -0.2) is 0 Å². The molecule has 1 saturated heterocycles. The average Bonchev–Trinajstić information content (AvgIpc) is 2.74. The Morgan fingerprint density at radius 2 is 1.87 bits per heavy atom. The molecule has 0 spiro atoms. The lowest BCUT2D eigenvalue weighted by Crippen LogP contribution is -2.60. The van der Waals surface area contributed by atoms with Crippen molar-refractivity contribution < 1.29 is 14.3 Å². The van der Waals surface area contributed by atoms with Crippen molar-refractivity contribution in [2.75, 3.05) is 13.7 Å². The summed E-state index contributed by atoms with van der Waals surface area (Å²) in [5.41, 5.74) is 1.12. The minimum absolute atomic E-state index is 0.0403. The third-order valence-corrected chi connectivity index (χ3v) is 5.93. The average molecular weight is 421 g/mol. The number of likely N-dealkylation sites (tertiary alicyclic amines) is 1. The number of benzene rings is 1. The molecule has 0 aliphatic carbocycles. The standard InChI is InChI=1S/C26H32N2O3/c1-25(2,3)24(30)28-17-19(16-20-9-7-8-14-27-20)23(29)26(4,5)22(28)15-18-10-12-21(31-6)13-11-18/h7-14,16,22H,15,17H2,1-6H3/b19-16-. The van der Waals surface area contributed by atoms with Crippen LogP contribution in [0.2, 0.25) is 0 Å². The number of carbonyl (C=O) groups excluding carboxylic acids is 2. The monoisotopic (exact) mass is 420 g/mol. The van der Waals surface area contributed by atoms with Crippen LogP contribution in [-0.4, -0.2) is 41.3 Å². The number of hydrogen-bond acceptors (Lipinski definition) is 4. The summed E-state index contributed by atoms with van der Waals surface area (Å²) in [5.74, 6) is 0.888. The highest BCUT2D eigenvalue weighted by Gasteiger charge is 2.49. The van der Waals surface area contributed by atoms with E-state index in [9.17, 15) is 9.59 Å². The maximum atomic E-state index is 13.5. The Kier molecular flexibility index (Phi) is 6.35. The molecule has 3 rings (SSSR count). The fourth-order valence-electron chi connectivity index (χ4n) is 4.07. The zero-order valence-corrected chi connectivity index (χ0v) is 19.3. The Hall–Kier alpha value is -2.95. The molecule has 1 fully saturated rings. The van der Waals surface area contributed by atoms with E-state index in [4.69, 9.17) is 4.74 Å². The number of methoxy groups -OCH3 is 1. The lowest BCUT2D eigenvalue weighted by Gasteiger charge is -2.48. The van der Waals surface area contributed by atoms with Crippen LogP contribution in [0.15, 0.2) is 54.2 Å². The van der Waals surface area contributed by atoms with Crippen molar-refractivity contribution in [1.29, 1.82) is 0 Å². The van der Waals surface area contributed by atoms with E-state index in [1.165, 1.54) is 0 Å². The van der Waals surface area contributed by atoms with Gasteiger partial charge < -0.3 is 9.64 Å². The molecule has 2 aromatic rings. The Bertz CT molecular complexity index is 970. The highest BCUT2D eigenvalue weighted by molar-refractivity contribution is 6.05. The van der Waals surface area contributed by atoms with Gasteiger partial charge in [-0.1, -0.05) is 52.8 Å². The third-order valence-electron chi connectivity index (χ3n) is 5.93. The number of pyridine rings is 1. The fourth-order valence-corrected chi connectivity index (χ4v) is 4.07. The lowest BCUT2D eigenvalue weighted by molar-refractivity contribution is -0.149. The van der Waals surface area contributed by atoms with Crippen LogP contribution in [0.4, 0.5) is 0 Å². The normalized spacial score (nSPS) is 20.1. The first kappa shape index (κ1) is 22.7. The predicted octanol–water partition coefficient (Wildman–Crippen LogP) is 4.57. The van der Waals surface area contributed by atoms with Crippen molar-refractivity contribution in [2.45, 2.75) is 47.1 Å². The van der Waals surface area contributed by atoms with Crippen LogP contribution < -0.4 is 4.74 Å². The van der Waals surface area contributed by atoms with Gasteiger partial charge in [0.1, 0.15) is 5.75 Å². The molecular weight excluding hydrogens is 388 g/mol. The molecule has 5 nitrogen and oxygen atoms in total. The molecule has 0 bridgehead atoms. The van der Waals surface area contributed by atoms with Crippen molar-refractivity contribution in [3.63, 3.8) is 0 Å². The smallest absolute Gasteiger partial charge is 0.228 e. The summed E-state index contributed by atoms with van der Waals surface area (Å²) in [5, 5.41) is 0. The van der Waals surface area contributed by atoms with E-state index in [0.717, 1.165) is 17.0 Å². The number of hydrogen-bond donors (Lipinski definition) is 0. The number of amides is 1. The molecule has 1 unspecified atom stereocenters. The predicted molar refractivity (Wildman–Crippen MR) is 123 cm³/mol. The van der Waals surface area contributed by atoms with Crippen LogP contribution >= 0.6 is 0 Å². The number of ketones is 1. The molecule has 1 aliphatic rings. The molecule has 5 heteroatoms. The van der Waals surface area contributed by atoms with E-state index in [0.29, 0.717) is 12.0 Å². The van der Waals surface area contributed by atoms with Gasteiger partial charge in [0.15, 0.2) is 5.78 Å². The molecule has 0 radical (unpaired) electrons. The van der Waals surface area contributed by atoms with Gasteiger partial charge >= 0.3 is 0 Å². The third kappa shape index (κ3) is 4.87. The van der Waals surface area contributed by atoms with E-state index in [2.05, 4.69) is 4.98 Å². The van der Waals surface area contributed by atoms with Gasteiger partial charge in [0.2, 0.25) is 5.91 Å². The van der Waals surface area contributed by atoms with Gasteiger partial charge in [0, 0.05) is 35.2 Å². The first-order valence-corrected chi connectivity index (χ1v) is 10.6. The summed E-state index contributed by atoms with van der Waals surface area (Å²) < 4.78 is 5.26. The van der Waals surface area contributed by atoms with Crippen LogP contribution in [0.25, 0.3) is 6.08 Å². The molecule has 2 heterocycles. The molecule has 1 aliphatic heterocycles. The quantitative estimate of drug-likeness (QED) is 0.680. The van der Waals surface area contributed by atoms with Crippen molar-refractivity contribution in [2.24, 2.45) is 10.8 Å². The summed E-state index contributed by atoms with van der Waals surface area (Å²) in [6, 6.07) is 13.2. The minimum Gasteiger partial charge on any atom is -0.497 e. The number of piperidine rings is 1. The van der Waals surface area contributed by atoms with Gasteiger partial charge in [-0.3, -0.25) is 14.6 Å². The molecule has 164 valence electrons. The van der Waals surface area contributed by atoms with Crippen LogP contribution in [0, 0.1) is 10.8 Å². The first-order chi connectivity index (χ1) is 14.5. The molecule has 1 aromatic carbocycles. The molecule has 31 heavy (non-hydrogen) atoms. The second-order valence-electron chi connectivity index (χ2n) is 9.73. The second-order valence-corrected chi connectivity index (χ2v) is 9.73. The summed E-state index contributed by atoms with van der Waals surface area (Å²) >= 11 is 0.